The molecule has 3 aromatic rings. The Hall–Kier alpha value is -3.56. The topological polar surface area (TPSA) is 56.1 Å². The van der Waals surface area contributed by atoms with Crippen LogP contribution in [0, 0.1) is 23.0 Å². The first-order valence-corrected chi connectivity index (χ1v) is 10.1. The number of nitriles is 1. The van der Waals surface area contributed by atoms with Crippen molar-refractivity contribution in [1.29, 1.82) is 5.26 Å². The van der Waals surface area contributed by atoms with Gasteiger partial charge in [-0.25, -0.2) is 8.78 Å². The Morgan fingerprint density at radius 3 is 2.29 bits per heavy atom. The van der Waals surface area contributed by atoms with Crippen molar-refractivity contribution in [2.45, 2.75) is 32.0 Å². The summed E-state index contributed by atoms with van der Waals surface area (Å²) < 4.78 is 27.1. The van der Waals surface area contributed by atoms with Crippen LogP contribution >= 0.6 is 0 Å². The summed E-state index contributed by atoms with van der Waals surface area (Å²) in [6, 6.07) is 20.0. The van der Waals surface area contributed by atoms with E-state index < -0.39 is 11.6 Å². The van der Waals surface area contributed by atoms with Gasteiger partial charge in [0, 0.05) is 36.4 Å². The van der Waals surface area contributed by atoms with Crippen LogP contribution in [0.4, 0.5) is 14.5 Å². The lowest BCUT2D eigenvalue weighted by atomic mass is 10.1. The fourth-order valence-electron chi connectivity index (χ4n) is 3.57. The number of carbonyl (C=O) groups excluding carboxylic acids is 1. The van der Waals surface area contributed by atoms with E-state index in [-0.39, 0.29) is 5.91 Å². The number of halogens is 2. The first-order valence-electron chi connectivity index (χ1n) is 10.1. The third kappa shape index (κ3) is 5.53. The number of hydrogen-bond donors (Lipinski definition) is 1. The molecule has 4 nitrogen and oxygen atoms in total. The Morgan fingerprint density at radius 2 is 1.65 bits per heavy atom. The normalized spacial score (nSPS) is 13.1. The lowest BCUT2D eigenvalue weighted by molar-refractivity contribution is 0.102. The van der Waals surface area contributed by atoms with Crippen LogP contribution in [0.1, 0.15) is 39.9 Å². The van der Waals surface area contributed by atoms with E-state index in [0.29, 0.717) is 41.5 Å². The number of nitrogens with one attached hydrogen (secondary N) is 1. The second-order valence-electron chi connectivity index (χ2n) is 7.76. The minimum Gasteiger partial charge on any atom is -0.322 e. The van der Waals surface area contributed by atoms with Gasteiger partial charge in [0.15, 0.2) is 0 Å². The van der Waals surface area contributed by atoms with Crippen molar-refractivity contribution in [3.05, 3.63) is 101 Å². The fraction of sp³-hybridized carbons (Fsp3) is 0.200. The zero-order valence-corrected chi connectivity index (χ0v) is 16.8. The quantitative estimate of drug-likeness (QED) is 0.571. The molecule has 0 heterocycles. The van der Waals surface area contributed by atoms with Crippen LogP contribution in [0.3, 0.4) is 0 Å². The molecule has 1 fully saturated rings. The number of rotatable bonds is 7. The van der Waals surface area contributed by atoms with Crippen LogP contribution < -0.4 is 5.32 Å². The van der Waals surface area contributed by atoms with Gasteiger partial charge in [-0.2, -0.15) is 5.26 Å². The number of benzene rings is 3. The minimum absolute atomic E-state index is 0.239. The largest absolute Gasteiger partial charge is 0.322 e. The van der Waals surface area contributed by atoms with Gasteiger partial charge in [0.05, 0.1) is 11.6 Å². The molecule has 0 unspecified atom stereocenters. The average Bonchev–Trinajstić information content (AvgIpc) is 3.59. The SMILES string of the molecule is N#Cc1ccc(NC(=O)c2cccc(CN(Cc3cc(F)cc(F)c3)C3CC3)c2)cc1. The molecular weight excluding hydrogens is 396 g/mol. The van der Waals surface area contributed by atoms with Gasteiger partial charge in [0.1, 0.15) is 11.6 Å². The molecule has 0 aliphatic heterocycles. The van der Waals surface area contributed by atoms with Crippen molar-refractivity contribution in [1.82, 2.24) is 4.90 Å². The van der Waals surface area contributed by atoms with Gasteiger partial charge in [0.25, 0.3) is 5.91 Å². The van der Waals surface area contributed by atoms with E-state index >= 15 is 0 Å². The zero-order chi connectivity index (χ0) is 21.8. The predicted octanol–water partition coefficient (Wildman–Crippen LogP) is 5.25. The van der Waals surface area contributed by atoms with E-state index in [1.165, 1.54) is 12.1 Å². The van der Waals surface area contributed by atoms with Gasteiger partial charge in [-0.1, -0.05) is 12.1 Å². The highest BCUT2D eigenvalue weighted by molar-refractivity contribution is 6.04. The number of hydrogen-bond acceptors (Lipinski definition) is 3. The van der Waals surface area contributed by atoms with Gasteiger partial charge in [-0.15, -0.1) is 0 Å². The predicted molar refractivity (Wildman–Crippen MR) is 114 cm³/mol. The van der Waals surface area contributed by atoms with E-state index in [0.717, 1.165) is 24.5 Å². The molecule has 1 amide bonds. The maximum Gasteiger partial charge on any atom is 0.255 e. The number of carbonyl (C=O) groups is 1. The molecule has 0 atom stereocenters. The second-order valence-corrected chi connectivity index (χ2v) is 7.76. The monoisotopic (exact) mass is 417 g/mol. The number of nitrogens with zero attached hydrogens (tertiary/aromatic N) is 2. The molecule has 1 aliphatic carbocycles. The molecule has 1 N–H and O–H groups in total. The lowest BCUT2D eigenvalue weighted by Gasteiger charge is -2.22. The Kier molecular flexibility index (Phi) is 6.06. The Balaban J connectivity index is 1.46. The van der Waals surface area contributed by atoms with E-state index in [9.17, 15) is 13.6 Å². The van der Waals surface area contributed by atoms with Gasteiger partial charge in [0.2, 0.25) is 0 Å². The van der Waals surface area contributed by atoms with Crippen molar-refractivity contribution in [2.75, 3.05) is 5.32 Å². The molecule has 0 radical (unpaired) electrons. The van der Waals surface area contributed by atoms with E-state index in [2.05, 4.69) is 10.2 Å². The van der Waals surface area contributed by atoms with E-state index in [4.69, 9.17) is 5.26 Å². The highest BCUT2D eigenvalue weighted by atomic mass is 19.1. The summed E-state index contributed by atoms with van der Waals surface area (Å²) >= 11 is 0. The van der Waals surface area contributed by atoms with Crippen LogP contribution in [0.15, 0.2) is 66.7 Å². The van der Waals surface area contributed by atoms with Gasteiger partial charge < -0.3 is 5.32 Å². The average molecular weight is 417 g/mol. The highest BCUT2D eigenvalue weighted by Gasteiger charge is 2.29. The zero-order valence-electron chi connectivity index (χ0n) is 16.8. The maximum atomic E-state index is 13.6. The summed E-state index contributed by atoms with van der Waals surface area (Å²) in [5, 5.41) is 11.7. The van der Waals surface area contributed by atoms with E-state index in [1.807, 2.05) is 24.3 Å². The molecule has 0 spiro atoms. The summed E-state index contributed by atoms with van der Waals surface area (Å²) in [6.07, 6.45) is 2.10. The summed E-state index contributed by atoms with van der Waals surface area (Å²) in [5.74, 6) is -1.39. The van der Waals surface area contributed by atoms with E-state index in [1.54, 1.807) is 30.3 Å². The molecular formula is C25H21F2N3O. The Labute approximate surface area is 179 Å². The molecule has 1 saturated carbocycles. The lowest BCUT2D eigenvalue weighted by Crippen LogP contribution is -2.25. The Bertz CT molecular complexity index is 1110. The third-order valence-corrected chi connectivity index (χ3v) is 5.22. The summed E-state index contributed by atoms with van der Waals surface area (Å²) in [6.45, 7) is 1.03. The standard InChI is InChI=1S/C25H21F2N3O/c26-21-11-19(12-22(27)13-21)16-30(24-8-9-24)15-18-2-1-3-20(10-18)25(31)29-23-6-4-17(14-28)5-7-23/h1-7,10-13,24H,8-9,15-16H2,(H,29,31). The number of anilines is 1. The molecule has 4 rings (SSSR count). The molecule has 0 saturated heterocycles. The summed E-state index contributed by atoms with van der Waals surface area (Å²) in [7, 11) is 0. The van der Waals surface area contributed by atoms with Crippen molar-refractivity contribution < 1.29 is 13.6 Å². The smallest absolute Gasteiger partial charge is 0.255 e. The van der Waals surface area contributed by atoms with Crippen molar-refractivity contribution in [3.8, 4) is 6.07 Å². The minimum atomic E-state index is -0.577. The Morgan fingerprint density at radius 1 is 0.968 bits per heavy atom. The van der Waals surface area contributed by atoms with Crippen LogP contribution in [0.25, 0.3) is 0 Å². The molecule has 1 aliphatic rings. The third-order valence-electron chi connectivity index (χ3n) is 5.22. The molecule has 6 heteroatoms. The van der Waals surface area contributed by atoms with Crippen molar-refractivity contribution in [2.24, 2.45) is 0 Å². The van der Waals surface area contributed by atoms with Crippen LogP contribution in [-0.4, -0.2) is 16.8 Å². The van der Waals surface area contributed by atoms with Crippen LogP contribution in [0.2, 0.25) is 0 Å². The molecule has 0 bridgehead atoms. The van der Waals surface area contributed by atoms with Crippen molar-refractivity contribution in [3.63, 3.8) is 0 Å². The van der Waals surface area contributed by atoms with Crippen molar-refractivity contribution >= 4 is 11.6 Å². The fourth-order valence-corrected chi connectivity index (χ4v) is 3.57. The summed E-state index contributed by atoms with van der Waals surface area (Å²) in [5.41, 5.74) is 3.21. The number of amides is 1. The maximum absolute atomic E-state index is 13.6. The second kappa shape index (κ2) is 9.07. The van der Waals surface area contributed by atoms with Gasteiger partial charge in [-0.3, -0.25) is 9.69 Å². The molecule has 0 aromatic heterocycles. The van der Waals surface area contributed by atoms with Gasteiger partial charge >= 0.3 is 0 Å². The highest BCUT2D eigenvalue weighted by Crippen LogP contribution is 2.30. The molecule has 3 aromatic carbocycles. The first kappa shape index (κ1) is 20.7. The van der Waals surface area contributed by atoms with Gasteiger partial charge in [-0.05, 0) is 72.5 Å². The summed E-state index contributed by atoms with van der Waals surface area (Å²) in [4.78, 5) is 14.8. The van der Waals surface area contributed by atoms with Crippen LogP contribution in [0.5, 0.6) is 0 Å². The molecule has 156 valence electrons. The first-order chi connectivity index (χ1) is 15.0. The molecule has 31 heavy (non-hydrogen) atoms. The van der Waals surface area contributed by atoms with Crippen LogP contribution in [-0.2, 0) is 13.1 Å².